The second kappa shape index (κ2) is 7.14. The number of rotatable bonds is 6. The van der Waals surface area contributed by atoms with Gasteiger partial charge >= 0.3 is 0 Å². The van der Waals surface area contributed by atoms with Crippen LogP contribution >= 0.6 is 11.6 Å². The Kier molecular flexibility index (Phi) is 4.70. The lowest BCUT2D eigenvalue weighted by molar-refractivity contribution is 0.299. The number of hydrogen-bond acceptors (Lipinski definition) is 4. The highest BCUT2D eigenvalue weighted by Crippen LogP contribution is 2.34. The summed E-state index contributed by atoms with van der Waals surface area (Å²) >= 11 is 6.34. The Morgan fingerprint density at radius 3 is 2.73 bits per heavy atom. The van der Waals surface area contributed by atoms with Gasteiger partial charge in [-0.1, -0.05) is 17.7 Å². The third-order valence-electron chi connectivity index (χ3n) is 4.51. The highest BCUT2D eigenvalue weighted by atomic mass is 35.5. The molecule has 0 amide bonds. The fourth-order valence-electron chi connectivity index (χ4n) is 2.73. The molecule has 4 nitrogen and oxygen atoms in total. The van der Waals surface area contributed by atoms with Crippen molar-refractivity contribution >= 4 is 22.5 Å². The van der Waals surface area contributed by atoms with Crippen molar-refractivity contribution in [1.29, 1.82) is 0 Å². The quantitative estimate of drug-likeness (QED) is 0.625. The van der Waals surface area contributed by atoms with Crippen molar-refractivity contribution in [2.75, 3.05) is 6.61 Å². The van der Waals surface area contributed by atoms with E-state index < -0.39 is 0 Å². The monoisotopic (exact) mass is 368 g/mol. The average Bonchev–Trinajstić information content (AvgIpc) is 3.46. The predicted octanol–water partition coefficient (Wildman–Crippen LogP) is 5.49. The van der Waals surface area contributed by atoms with Crippen LogP contribution in [0.2, 0.25) is 5.02 Å². The van der Waals surface area contributed by atoms with Crippen LogP contribution in [-0.2, 0) is 0 Å². The maximum atomic E-state index is 6.34. The molecule has 3 aromatic rings. The zero-order valence-corrected chi connectivity index (χ0v) is 15.4. The van der Waals surface area contributed by atoms with Gasteiger partial charge in [-0.15, -0.1) is 0 Å². The number of ether oxygens (including phenoxy) is 2. The summed E-state index contributed by atoms with van der Waals surface area (Å²) < 4.78 is 11.6. The lowest BCUT2D eigenvalue weighted by Gasteiger charge is -2.11. The van der Waals surface area contributed by atoms with Crippen molar-refractivity contribution in [3.8, 4) is 17.4 Å². The molecule has 1 atom stereocenters. The molecule has 1 aliphatic rings. The Morgan fingerprint density at radius 1 is 1.15 bits per heavy atom. The minimum Gasteiger partial charge on any atom is -0.493 e. The predicted molar refractivity (Wildman–Crippen MR) is 104 cm³/mol. The molecule has 0 saturated heterocycles. The zero-order chi connectivity index (χ0) is 18.1. The van der Waals surface area contributed by atoms with Gasteiger partial charge in [-0.2, -0.15) is 0 Å². The van der Waals surface area contributed by atoms with Crippen LogP contribution in [0.4, 0.5) is 0 Å². The van der Waals surface area contributed by atoms with Crippen molar-refractivity contribution in [3.05, 3.63) is 59.1 Å². The van der Waals surface area contributed by atoms with Gasteiger partial charge in [0, 0.05) is 23.6 Å². The SMILES string of the molecule is CC(N)c1ccc2nc(Oc3ccc(OCC4CC4)cc3Cl)ccc2c1. The smallest absolute Gasteiger partial charge is 0.219 e. The van der Waals surface area contributed by atoms with E-state index in [1.54, 1.807) is 6.07 Å². The van der Waals surface area contributed by atoms with Gasteiger partial charge in [0.2, 0.25) is 5.88 Å². The number of hydrogen-bond donors (Lipinski definition) is 1. The van der Waals surface area contributed by atoms with Gasteiger partial charge in [0.15, 0.2) is 0 Å². The van der Waals surface area contributed by atoms with Crippen LogP contribution in [0.1, 0.15) is 31.4 Å². The lowest BCUT2D eigenvalue weighted by Crippen LogP contribution is -2.04. The highest BCUT2D eigenvalue weighted by molar-refractivity contribution is 6.32. The first-order valence-corrected chi connectivity index (χ1v) is 9.23. The number of fused-ring (bicyclic) bond motifs is 1. The summed E-state index contributed by atoms with van der Waals surface area (Å²) in [5.41, 5.74) is 7.87. The molecular formula is C21H21ClN2O2. The van der Waals surface area contributed by atoms with Crippen molar-refractivity contribution in [2.45, 2.75) is 25.8 Å². The van der Waals surface area contributed by atoms with E-state index in [0.29, 0.717) is 22.6 Å². The Morgan fingerprint density at radius 2 is 2.00 bits per heavy atom. The van der Waals surface area contributed by atoms with Gasteiger partial charge in [0.05, 0.1) is 17.1 Å². The molecule has 1 aliphatic carbocycles. The second-order valence-electron chi connectivity index (χ2n) is 6.84. The van der Waals surface area contributed by atoms with Gasteiger partial charge in [-0.05, 0) is 61.6 Å². The summed E-state index contributed by atoms with van der Waals surface area (Å²) in [6.07, 6.45) is 2.52. The maximum Gasteiger partial charge on any atom is 0.219 e. The van der Waals surface area contributed by atoms with E-state index in [1.165, 1.54) is 12.8 Å². The summed E-state index contributed by atoms with van der Waals surface area (Å²) in [7, 11) is 0. The molecule has 1 saturated carbocycles. The van der Waals surface area contributed by atoms with E-state index in [-0.39, 0.29) is 6.04 Å². The minimum atomic E-state index is -0.00483. The molecule has 134 valence electrons. The highest BCUT2D eigenvalue weighted by Gasteiger charge is 2.22. The van der Waals surface area contributed by atoms with Gasteiger partial charge in [-0.25, -0.2) is 4.98 Å². The molecule has 4 rings (SSSR count). The molecule has 0 spiro atoms. The number of pyridine rings is 1. The number of benzene rings is 2. The molecule has 0 bridgehead atoms. The summed E-state index contributed by atoms with van der Waals surface area (Å²) in [4.78, 5) is 4.55. The summed E-state index contributed by atoms with van der Waals surface area (Å²) in [5.74, 6) is 2.53. The van der Waals surface area contributed by atoms with E-state index in [2.05, 4.69) is 11.1 Å². The van der Waals surface area contributed by atoms with Crippen LogP contribution in [0.25, 0.3) is 10.9 Å². The van der Waals surface area contributed by atoms with Crippen LogP contribution in [0.3, 0.4) is 0 Å². The van der Waals surface area contributed by atoms with Crippen molar-refractivity contribution in [1.82, 2.24) is 4.98 Å². The minimum absolute atomic E-state index is 0.00483. The molecule has 0 radical (unpaired) electrons. The molecule has 1 heterocycles. The molecule has 2 N–H and O–H groups in total. The van der Waals surface area contributed by atoms with Gasteiger partial charge < -0.3 is 15.2 Å². The number of halogens is 1. The summed E-state index contributed by atoms with van der Waals surface area (Å²) in [6.45, 7) is 2.72. The molecule has 1 fully saturated rings. The molecule has 5 heteroatoms. The third kappa shape index (κ3) is 3.92. The van der Waals surface area contributed by atoms with Crippen molar-refractivity contribution in [2.24, 2.45) is 11.7 Å². The lowest BCUT2D eigenvalue weighted by atomic mass is 10.1. The summed E-state index contributed by atoms with van der Waals surface area (Å²) in [6, 6.07) is 15.3. The maximum absolute atomic E-state index is 6.34. The topological polar surface area (TPSA) is 57.4 Å². The van der Waals surface area contributed by atoms with Gasteiger partial charge in [0.25, 0.3) is 0 Å². The Balaban J connectivity index is 1.51. The third-order valence-corrected chi connectivity index (χ3v) is 4.81. The molecule has 2 aromatic carbocycles. The van der Waals surface area contributed by atoms with Crippen LogP contribution in [0.5, 0.6) is 17.4 Å². The van der Waals surface area contributed by atoms with Gasteiger partial charge in [0.1, 0.15) is 11.5 Å². The number of nitrogens with two attached hydrogens (primary N) is 1. The van der Waals surface area contributed by atoms with E-state index in [9.17, 15) is 0 Å². The fraction of sp³-hybridized carbons (Fsp3) is 0.286. The van der Waals surface area contributed by atoms with Gasteiger partial charge in [-0.3, -0.25) is 0 Å². The Hall–Kier alpha value is -2.30. The zero-order valence-electron chi connectivity index (χ0n) is 14.6. The van der Waals surface area contributed by atoms with Crippen molar-refractivity contribution < 1.29 is 9.47 Å². The molecular weight excluding hydrogens is 348 g/mol. The average molecular weight is 369 g/mol. The Labute approximate surface area is 157 Å². The second-order valence-corrected chi connectivity index (χ2v) is 7.25. The molecule has 1 aromatic heterocycles. The van der Waals surface area contributed by atoms with Crippen LogP contribution in [0.15, 0.2) is 48.5 Å². The number of aromatic nitrogens is 1. The van der Waals surface area contributed by atoms with Crippen LogP contribution in [0, 0.1) is 5.92 Å². The Bertz CT molecular complexity index is 938. The molecule has 0 aliphatic heterocycles. The van der Waals surface area contributed by atoms with E-state index in [0.717, 1.165) is 28.8 Å². The standard InChI is InChI=1S/C21H21ClN2O2/c1-13(23)15-4-7-19-16(10-15)5-9-21(24-19)26-20-8-6-17(11-18(20)22)25-12-14-2-3-14/h4-11,13-14H,2-3,12,23H2,1H3. The van der Waals surface area contributed by atoms with Crippen LogP contribution < -0.4 is 15.2 Å². The first-order chi connectivity index (χ1) is 12.6. The van der Waals surface area contributed by atoms with E-state index in [4.69, 9.17) is 26.8 Å². The molecule has 1 unspecified atom stereocenters. The molecule has 26 heavy (non-hydrogen) atoms. The normalized spacial score (nSPS) is 15.0. The first-order valence-electron chi connectivity index (χ1n) is 8.85. The first kappa shape index (κ1) is 17.1. The fourth-order valence-corrected chi connectivity index (χ4v) is 2.94. The summed E-state index contributed by atoms with van der Waals surface area (Å²) in [5, 5.41) is 1.54. The van der Waals surface area contributed by atoms with E-state index in [1.807, 2.05) is 43.3 Å². The number of nitrogens with zero attached hydrogens (tertiary/aromatic N) is 1. The largest absolute Gasteiger partial charge is 0.493 e. The van der Waals surface area contributed by atoms with Crippen LogP contribution in [-0.4, -0.2) is 11.6 Å². The van der Waals surface area contributed by atoms with E-state index >= 15 is 0 Å². The van der Waals surface area contributed by atoms with Crippen molar-refractivity contribution in [3.63, 3.8) is 0 Å².